The summed E-state index contributed by atoms with van der Waals surface area (Å²) in [6.45, 7) is 5.95. The second-order valence-electron chi connectivity index (χ2n) is 1.66. The van der Waals surface area contributed by atoms with Gasteiger partial charge in [0.05, 0.1) is 0 Å². The Hall–Kier alpha value is -0.240. The highest BCUT2D eigenvalue weighted by molar-refractivity contribution is 6.64. The SMILES string of the molecule is CCN(CC)C(Cl)=NC. The predicted molar refractivity (Wildman–Crippen MR) is 42.1 cm³/mol. The van der Waals surface area contributed by atoms with Crippen LogP contribution in [0.25, 0.3) is 0 Å². The molecule has 0 unspecified atom stereocenters. The van der Waals surface area contributed by atoms with Crippen LogP contribution in [0.2, 0.25) is 0 Å². The third kappa shape index (κ3) is 2.70. The lowest BCUT2D eigenvalue weighted by atomic mass is 10.6. The third-order valence-corrected chi connectivity index (χ3v) is 1.62. The minimum absolute atomic E-state index is 0.597. The van der Waals surface area contributed by atoms with Crippen LogP contribution in [0.15, 0.2) is 4.99 Å². The van der Waals surface area contributed by atoms with Gasteiger partial charge >= 0.3 is 0 Å². The van der Waals surface area contributed by atoms with Crippen molar-refractivity contribution >= 4 is 16.9 Å². The molecule has 0 spiro atoms. The molecule has 0 saturated heterocycles. The molecular formula is C6H13ClN2. The molecule has 0 aromatic heterocycles. The van der Waals surface area contributed by atoms with Crippen molar-refractivity contribution in [1.29, 1.82) is 0 Å². The standard InChI is InChI=1S/C6H13ClN2/c1-4-9(5-2)6(7)8-3/h4-5H2,1-3H3. The summed E-state index contributed by atoms with van der Waals surface area (Å²) in [5.41, 5.74) is 0. The average Bonchev–Trinajstić information content (AvgIpc) is 1.90. The molecule has 0 N–H and O–H groups in total. The van der Waals surface area contributed by atoms with E-state index in [1.165, 1.54) is 0 Å². The van der Waals surface area contributed by atoms with Crippen molar-refractivity contribution < 1.29 is 0 Å². The largest absolute Gasteiger partial charge is 0.348 e. The van der Waals surface area contributed by atoms with E-state index in [2.05, 4.69) is 18.8 Å². The zero-order chi connectivity index (χ0) is 7.28. The number of aliphatic imine (C=N–C) groups is 1. The van der Waals surface area contributed by atoms with E-state index in [0.29, 0.717) is 5.29 Å². The summed E-state index contributed by atoms with van der Waals surface area (Å²) >= 11 is 5.71. The van der Waals surface area contributed by atoms with E-state index < -0.39 is 0 Å². The van der Waals surface area contributed by atoms with Gasteiger partial charge in [0.1, 0.15) is 0 Å². The Labute approximate surface area is 61.5 Å². The summed E-state index contributed by atoms with van der Waals surface area (Å²) < 4.78 is 0. The third-order valence-electron chi connectivity index (χ3n) is 1.21. The molecule has 2 nitrogen and oxygen atoms in total. The van der Waals surface area contributed by atoms with Crippen molar-refractivity contribution in [2.45, 2.75) is 13.8 Å². The fourth-order valence-corrected chi connectivity index (χ4v) is 0.865. The summed E-state index contributed by atoms with van der Waals surface area (Å²) in [5.74, 6) is 0. The summed E-state index contributed by atoms with van der Waals surface area (Å²) in [7, 11) is 1.70. The highest BCUT2D eigenvalue weighted by Gasteiger charge is 1.99. The van der Waals surface area contributed by atoms with E-state index in [-0.39, 0.29) is 0 Å². The lowest BCUT2D eigenvalue weighted by Gasteiger charge is -2.16. The topological polar surface area (TPSA) is 15.6 Å². The van der Waals surface area contributed by atoms with Gasteiger partial charge in [0.15, 0.2) is 5.29 Å². The fourth-order valence-electron chi connectivity index (χ4n) is 0.626. The smallest absolute Gasteiger partial charge is 0.193 e. The maximum Gasteiger partial charge on any atom is 0.193 e. The van der Waals surface area contributed by atoms with Crippen molar-refractivity contribution in [2.75, 3.05) is 20.1 Å². The second kappa shape index (κ2) is 4.62. The van der Waals surface area contributed by atoms with Gasteiger partial charge in [-0.15, -0.1) is 0 Å². The molecule has 9 heavy (non-hydrogen) atoms. The molecule has 0 saturated carbocycles. The first kappa shape index (κ1) is 8.76. The molecule has 0 aliphatic carbocycles. The van der Waals surface area contributed by atoms with Crippen LogP contribution >= 0.6 is 11.6 Å². The molecule has 0 heterocycles. The minimum atomic E-state index is 0.597. The van der Waals surface area contributed by atoms with E-state index in [1.54, 1.807) is 7.05 Å². The minimum Gasteiger partial charge on any atom is -0.348 e. The Balaban J connectivity index is 3.79. The summed E-state index contributed by atoms with van der Waals surface area (Å²) in [6, 6.07) is 0. The van der Waals surface area contributed by atoms with Crippen LogP contribution in [0.3, 0.4) is 0 Å². The number of nitrogens with zero attached hydrogens (tertiary/aromatic N) is 2. The number of hydrogen-bond donors (Lipinski definition) is 0. The van der Waals surface area contributed by atoms with Crippen LogP contribution in [0.4, 0.5) is 0 Å². The van der Waals surface area contributed by atoms with Crippen molar-refractivity contribution in [3.05, 3.63) is 0 Å². The maximum atomic E-state index is 5.71. The first-order valence-corrected chi connectivity index (χ1v) is 3.51. The molecule has 0 aromatic rings. The Kier molecular flexibility index (Phi) is 4.50. The van der Waals surface area contributed by atoms with Crippen molar-refractivity contribution in [3.63, 3.8) is 0 Å². The molecule has 0 aromatic carbocycles. The van der Waals surface area contributed by atoms with Crippen molar-refractivity contribution in [3.8, 4) is 0 Å². The van der Waals surface area contributed by atoms with Gasteiger partial charge in [-0.05, 0) is 25.4 Å². The Morgan fingerprint density at radius 3 is 2.00 bits per heavy atom. The Bertz CT molecular complexity index is 97.2. The predicted octanol–water partition coefficient (Wildman–Crippen LogP) is 1.55. The van der Waals surface area contributed by atoms with Gasteiger partial charge in [0, 0.05) is 20.1 Å². The number of rotatable bonds is 2. The van der Waals surface area contributed by atoms with Gasteiger partial charge in [0.2, 0.25) is 0 Å². The van der Waals surface area contributed by atoms with Crippen LogP contribution in [0.5, 0.6) is 0 Å². The Morgan fingerprint density at radius 2 is 1.89 bits per heavy atom. The number of hydrogen-bond acceptors (Lipinski definition) is 1. The van der Waals surface area contributed by atoms with Gasteiger partial charge in [-0.2, -0.15) is 0 Å². The number of amidine groups is 1. The molecule has 0 fully saturated rings. The second-order valence-corrected chi connectivity index (χ2v) is 2.00. The molecule has 0 radical (unpaired) electrons. The van der Waals surface area contributed by atoms with Gasteiger partial charge in [-0.1, -0.05) is 0 Å². The quantitative estimate of drug-likeness (QED) is 0.330. The van der Waals surface area contributed by atoms with Crippen LogP contribution in [0, 0.1) is 0 Å². The van der Waals surface area contributed by atoms with Gasteiger partial charge in [0.25, 0.3) is 0 Å². The monoisotopic (exact) mass is 148 g/mol. The van der Waals surface area contributed by atoms with Crippen LogP contribution in [-0.4, -0.2) is 30.3 Å². The summed E-state index contributed by atoms with van der Waals surface area (Å²) in [6.07, 6.45) is 0. The molecular weight excluding hydrogens is 136 g/mol. The Morgan fingerprint density at radius 1 is 1.44 bits per heavy atom. The molecule has 54 valence electrons. The zero-order valence-electron chi connectivity index (χ0n) is 6.19. The highest BCUT2D eigenvalue weighted by Crippen LogP contribution is 1.94. The van der Waals surface area contributed by atoms with Crippen LogP contribution in [0.1, 0.15) is 13.8 Å². The maximum absolute atomic E-state index is 5.71. The van der Waals surface area contributed by atoms with Gasteiger partial charge in [-0.3, -0.25) is 4.99 Å². The first-order chi connectivity index (χ1) is 4.26. The zero-order valence-corrected chi connectivity index (χ0v) is 6.94. The molecule has 3 heteroatoms. The molecule has 0 aliphatic rings. The average molecular weight is 149 g/mol. The fraction of sp³-hybridized carbons (Fsp3) is 0.833. The molecule has 0 atom stereocenters. The van der Waals surface area contributed by atoms with Crippen molar-refractivity contribution in [2.24, 2.45) is 4.99 Å². The van der Waals surface area contributed by atoms with E-state index >= 15 is 0 Å². The lowest BCUT2D eigenvalue weighted by Crippen LogP contribution is -2.26. The lowest BCUT2D eigenvalue weighted by molar-refractivity contribution is 0.473. The highest BCUT2D eigenvalue weighted by atomic mass is 35.5. The molecule has 0 rings (SSSR count). The first-order valence-electron chi connectivity index (χ1n) is 3.13. The summed E-state index contributed by atoms with van der Waals surface area (Å²) in [4.78, 5) is 5.83. The normalized spacial score (nSPS) is 11.8. The van der Waals surface area contributed by atoms with Crippen LogP contribution in [-0.2, 0) is 0 Å². The number of halogens is 1. The van der Waals surface area contributed by atoms with Crippen molar-refractivity contribution in [1.82, 2.24) is 4.90 Å². The summed E-state index contributed by atoms with van der Waals surface area (Å²) in [5, 5.41) is 0.597. The van der Waals surface area contributed by atoms with Crippen LogP contribution < -0.4 is 0 Å². The van der Waals surface area contributed by atoms with E-state index in [0.717, 1.165) is 13.1 Å². The molecule has 0 aliphatic heterocycles. The van der Waals surface area contributed by atoms with Gasteiger partial charge < -0.3 is 4.90 Å². The van der Waals surface area contributed by atoms with Gasteiger partial charge in [-0.25, -0.2) is 0 Å². The van der Waals surface area contributed by atoms with E-state index in [1.807, 2.05) is 4.90 Å². The van der Waals surface area contributed by atoms with E-state index in [4.69, 9.17) is 11.6 Å². The molecule has 0 amide bonds. The molecule has 0 bridgehead atoms. The van der Waals surface area contributed by atoms with E-state index in [9.17, 15) is 0 Å².